The number of hydrogen-bond acceptors (Lipinski definition) is 6. The van der Waals surface area contributed by atoms with Crippen molar-refractivity contribution >= 4 is 11.8 Å². The lowest BCUT2D eigenvalue weighted by molar-refractivity contribution is 0.0317. The average molecular weight is 378 g/mol. The molecule has 3 rings (SSSR count). The number of nitriles is 1. The minimum Gasteiger partial charge on any atom is -0.497 e. The highest BCUT2D eigenvalue weighted by molar-refractivity contribution is 6.02. The van der Waals surface area contributed by atoms with Crippen LogP contribution in [-0.2, 0) is 4.74 Å². The number of aromatic nitrogens is 1. The van der Waals surface area contributed by atoms with Gasteiger partial charge >= 0.3 is 5.97 Å². The fourth-order valence-corrected chi connectivity index (χ4v) is 2.79. The van der Waals surface area contributed by atoms with Crippen molar-refractivity contribution in [3.05, 3.63) is 71.2 Å². The lowest BCUT2D eigenvalue weighted by Gasteiger charge is -2.12. The van der Waals surface area contributed by atoms with Gasteiger partial charge in [0, 0.05) is 18.0 Å². The molecule has 3 aromatic rings. The van der Waals surface area contributed by atoms with Crippen molar-refractivity contribution < 1.29 is 23.5 Å². The van der Waals surface area contributed by atoms with Crippen molar-refractivity contribution in [3.8, 4) is 17.7 Å². The normalized spacial score (nSPS) is 11.5. The van der Waals surface area contributed by atoms with Crippen molar-refractivity contribution in [2.24, 2.45) is 0 Å². The van der Waals surface area contributed by atoms with Crippen LogP contribution in [0.15, 0.2) is 53.2 Å². The second-order valence-electron chi connectivity index (χ2n) is 6.06. The molecule has 1 aromatic carbocycles. The van der Waals surface area contributed by atoms with Gasteiger partial charge in [-0.1, -0.05) is 0 Å². The number of nitrogens with zero attached hydrogens (tertiary/aromatic N) is 2. The van der Waals surface area contributed by atoms with Crippen LogP contribution in [0.1, 0.15) is 39.0 Å². The first kappa shape index (κ1) is 19.0. The van der Waals surface area contributed by atoms with Gasteiger partial charge in [0.2, 0.25) is 11.7 Å². The lowest BCUT2D eigenvalue weighted by atomic mass is 10.1. The molecular formula is C21H18N2O5. The molecule has 0 spiro atoms. The van der Waals surface area contributed by atoms with Crippen LogP contribution in [0.5, 0.6) is 5.75 Å². The highest BCUT2D eigenvalue weighted by atomic mass is 16.5. The third-order valence-electron chi connectivity index (χ3n) is 4.25. The number of carbonyl (C=O) groups excluding carboxylic acids is 2. The summed E-state index contributed by atoms with van der Waals surface area (Å²) < 4.78 is 17.6. The van der Waals surface area contributed by atoms with E-state index in [2.05, 4.69) is 0 Å². The Morgan fingerprint density at radius 3 is 2.39 bits per heavy atom. The van der Waals surface area contributed by atoms with Crippen LogP contribution in [0.25, 0.3) is 5.88 Å². The van der Waals surface area contributed by atoms with Crippen LogP contribution in [-0.4, -0.2) is 29.5 Å². The standard InChI is InChI=1S/C21H18N2O5/c1-13-18(17(12-22)20(27-13)23-10-4-5-11-23)21(25)28-14(2)19(24)15-6-8-16(26-3)9-7-15/h4-11,14H,1-3H3/t14-/m0/s1. The smallest absolute Gasteiger partial charge is 0.343 e. The summed E-state index contributed by atoms with van der Waals surface area (Å²) in [5.41, 5.74) is 0.460. The summed E-state index contributed by atoms with van der Waals surface area (Å²) in [6.07, 6.45) is 2.37. The maximum atomic E-state index is 12.7. The number of rotatable bonds is 6. The first-order valence-electron chi connectivity index (χ1n) is 8.52. The number of methoxy groups -OCH3 is 1. The monoisotopic (exact) mass is 378 g/mol. The van der Waals surface area contributed by atoms with E-state index < -0.39 is 12.1 Å². The molecule has 7 heteroatoms. The second-order valence-corrected chi connectivity index (χ2v) is 6.06. The molecule has 0 unspecified atom stereocenters. The van der Waals surface area contributed by atoms with Crippen LogP contribution in [0.4, 0.5) is 0 Å². The van der Waals surface area contributed by atoms with Gasteiger partial charge < -0.3 is 13.9 Å². The maximum Gasteiger partial charge on any atom is 0.343 e. The van der Waals surface area contributed by atoms with Crippen LogP contribution in [0, 0.1) is 18.3 Å². The molecule has 2 aromatic heterocycles. The number of hydrogen-bond donors (Lipinski definition) is 0. The van der Waals surface area contributed by atoms with Crippen LogP contribution >= 0.6 is 0 Å². The summed E-state index contributed by atoms with van der Waals surface area (Å²) in [6.45, 7) is 3.05. The molecule has 142 valence electrons. The number of Topliss-reactive ketones (excluding diaryl/α,β-unsaturated/α-hetero) is 1. The summed E-state index contributed by atoms with van der Waals surface area (Å²) in [5, 5.41) is 9.52. The fourth-order valence-electron chi connectivity index (χ4n) is 2.79. The predicted molar refractivity (Wildman–Crippen MR) is 99.7 cm³/mol. The number of benzene rings is 1. The molecule has 0 saturated carbocycles. The second kappa shape index (κ2) is 7.84. The number of aryl methyl sites for hydroxylation is 1. The zero-order valence-corrected chi connectivity index (χ0v) is 15.6. The van der Waals surface area contributed by atoms with Gasteiger partial charge in [0.15, 0.2) is 6.10 Å². The molecule has 0 amide bonds. The van der Waals surface area contributed by atoms with Gasteiger partial charge in [-0.05, 0) is 50.2 Å². The summed E-state index contributed by atoms with van der Waals surface area (Å²) in [4.78, 5) is 25.2. The fraction of sp³-hybridized carbons (Fsp3) is 0.190. The van der Waals surface area contributed by atoms with E-state index in [0.717, 1.165) is 0 Å². The van der Waals surface area contributed by atoms with E-state index in [0.29, 0.717) is 11.3 Å². The highest BCUT2D eigenvalue weighted by Crippen LogP contribution is 2.26. The van der Waals surface area contributed by atoms with E-state index in [1.165, 1.54) is 14.0 Å². The predicted octanol–water partition coefficient (Wildman–Crippen LogP) is 3.69. The lowest BCUT2D eigenvalue weighted by Crippen LogP contribution is -2.25. The molecule has 0 aliphatic heterocycles. The largest absolute Gasteiger partial charge is 0.497 e. The van der Waals surface area contributed by atoms with Crippen molar-refractivity contribution in [1.29, 1.82) is 5.26 Å². The number of furan rings is 1. The minimum atomic E-state index is -1.03. The first-order valence-corrected chi connectivity index (χ1v) is 8.52. The maximum absolute atomic E-state index is 12.7. The van der Waals surface area contributed by atoms with Gasteiger partial charge in [-0.15, -0.1) is 0 Å². The zero-order chi connectivity index (χ0) is 20.3. The molecule has 1 atom stereocenters. The third kappa shape index (κ3) is 3.53. The Morgan fingerprint density at radius 1 is 1.18 bits per heavy atom. The van der Waals surface area contributed by atoms with E-state index >= 15 is 0 Å². The summed E-state index contributed by atoms with van der Waals surface area (Å²) in [7, 11) is 1.53. The van der Waals surface area contributed by atoms with Gasteiger partial charge in [0.05, 0.1) is 7.11 Å². The summed E-state index contributed by atoms with van der Waals surface area (Å²) in [6, 6.07) is 12.0. The summed E-state index contributed by atoms with van der Waals surface area (Å²) in [5.74, 6) is -0.0567. The van der Waals surface area contributed by atoms with Crippen LogP contribution in [0.2, 0.25) is 0 Å². The van der Waals surface area contributed by atoms with Crippen molar-refractivity contribution in [2.75, 3.05) is 7.11 Å². The molecular weight excluding hydrogens is 360 g/mol. The molecule has 0 aliphatic carbocycles. The number of ether oxygens (including phenoxy) is 2. The quantitative estimate of drug-likeness (QED) is 0.480. The van der Waals surface area contributed by atoms with E-state index in [1.807, 2.05) is 6.07 Å². The Morgan fingerprint density at radius 2 is 1.82 bits per heavy atom. The minimum absolute atomic E-state index is 0.0144. The third-order valence-corrected chi connectivity index (χ3v) is 4.25. The average Bonchev–Trinajstić information content (AvgIpc) is 3.34. The van der Waals surface area contributed by atoms with Gasteiger partial charge in [0.25, 0.3) is 0 Å². The van der Waals surface area contributed by atoms with Crippen LogP contribution < -0.4 is 4.74 Å². The Kier molecular flexibility index (Phi) is 5.32. The molecule has 0 radical (unpaired) electrons. The molecule has 0 saturated heterocycles. The molecule has 0 aliphatic rings. The molecule has 7 nitrogen and oxygen atoms in total. The van der Waals surface area contributed by atoms with E-state index in [1.54, 1.807) is 60.3 Å². The van der Waals surface area contributed by atoms with E-state index in [9.17, 15) is 14.9 Å². The van der Waals surface area contributed by atoms with Crippen molar-refractivity contribution in [3.63, 3.8) is 0 Å². The number of esters is 1. The van der Waals surface area contributed by atoms with Gasteiger partial charge in [-0.25, -0.2) is 4.79 Å². The molecule has 0 fully saturated rings. The first-order chi connectivity index (χ1) is 13.5. The van der Waals surface area contributed by atoms with Crippen LogP contribution in [0.3, 0.4) is 0 Å². The molecule has 0 N–H and O–H groups in total. The van der Waals surface area contributed by atoms with Gasteiger partial charge in [-0.3, -0.25) is 9.36 Å². The Bertz CT molecular complexity index is 1040. The van der Waals surface area contributed by atoms with Crippen molar-refractivity contribution in [2.45, 2.75) is 20.0 Å². The highest BCUT2D eigenvalue weighted by Gasteiger charge is 2.28. The molecule has 0 bridgehead atoms. The topological polar surface area (TPSA) is 94.5 Å². The number of ketones is 1. The zero-order valence-electron chi connectivity index (χ0n) is 15.6. The number of carbonyl (C=O) groups is 2. The Labute approximate surface area is 161 Å². The van der Waals surface area contributed by atoms with Crippen molar-refractivity contribution in [1.82, 2.24) is 4.57 Å². The van der Waals surface area contributed by atoms with E-state index in [4.69, 9.17) is 13.9 Å². The van der Waals surface area contributed by atoms with Gasteiger partial charge in [-0.2, -0.15) is 5.26 Å². The van der Waals surface area contributed by atoms with Gasteiger partial charge in [0.1, 0.15) is 28.7 Å². The SMILES string of the molecule is COc1ccc(C(=O)[C@H](C)OC(=O)c2c(C)oc(-n3cccc3)c2C#N)cc1. The van der Waals surface area contributed by atoms with E-state index in [-0.39, 0.29) is 28.6 Å². The molecule has 28 heavy (non-hydrogen) atoms. The molecule has 2 heterocycles. The summed E-state index contributed by atoms with van der Waals surface area (Å²) >= 11 is 0. The Hall–Kier alpha value is -3.79. The Balaban J connectivity index is 1.82.